The lowest BCUT2D eigenvalue weighted by atomic mass is 9.82. The van der Waals surface area contributed by atoms with E-state index >= 15 is 0 Å². The number of carbonyl (C=O) groups is 2. The minimum absolute atomic E-state index is 0.181. The molecule has 2 bridgehead atoms. The Labute approximate surface area is 237 Å². The number of ether oxygens (including phenoxy) is 1. The van der Waals surface area contributed by atoms with E-state index in [-0.39, 0.29) is 17.6 Å². The van der Waals surface area contributed by atoms with Crippen molar-refractivity contribution in [3.05, 3.63) is 107 Å². The maximum Gasteiger partial charge on any atom is 0.416 e. The molecule has 0 spiro atoms. The second kappa shape index (κ2) is 11.7. The van der Waals surface area contributed by atoms with E-state index in [4.69, 9.17) is 4.74 Å². The molecule has 1 atom stereocenters. The molecule has 41 heavy (non-hydrogen) atoms. The lowest BCUT2D eigenvalue weighted by Crippen LogP contribution is -2.65. The van der Waals surface area contributed by atoms with Crippen LogP contribution in [0.3, 0.4) is 0 Å². The third-order valence-corrected chi connectivity index (χ3v) is 8.55. The number of quaternary nitrogens is 1. The molecule has 1 amide bonds. The van der Waals surface area contributed by atoms with Crippen LogP contribution in [-0.2, 0) is 21.3 Å². The van der Waals surface area contributed by atoms with Crippen LogP contribution in [0.1, 0.15) is 46.3 Å². The number of alkyl halides is 3. The highest BCUT2D eigenvalue weighted by Crippen LogP contribution is 2.38. The fourth-order valence-electron chi connectivity index (χ4n) is 6.18. The number of amides is 1. The van der Waals surface area contributed by atoms with E-state index in [1.165, 1.54) is 12.1 Å². The number of esters is 1. The summed E-state index contributed by atoms with van der Waals surface area (Å²) in [7, 11) is 0. The van der Waals surface area contributed by atoms with Gasteiger partial charge in [0, 0.05) is 37.3 Å². The quantitative estimate of drug-likeness (QED) is 0.219. The third-order valence-electron chi connectivity index (χ3n) is 8.55. The number of rotatable bonds is 9. The van der Waals surface area contributed by atoms with Crippen LogP contribution in [0, 0.1) is 5.92 Å². The van der Waals surface area contributed by atoms with E-state index in [0.29, 0.717) is 30.6 Å². The lowest BCUT2D eigenvalue weighted by Gasteiger charge is -2.52. The molecular formula is C32H34F3N2O4+. The Morgan fingerprint density at radius 2 is 1.41 bits per heavy atom. The fourth-order valence-corrected chi connectivity index (χ4v) is 6.18. The Morgan fingerprint density at radius 3 is 1.95 bits per heavy atom. The number of carbonyl (C=O) groups excluding carboxylic acids is 2. The second-order valence-corrected chi connectivity index (χ2v) is 11.1. The number of aliphatic hydroxyl groups is 1. The van der Waals surface area contributed by atoms with Crippen LogP contribution in [-0.4, -0.2) is 60.3 Å². The highest BCUT2D eigenvalue weighted by atomic mass is 19.4. The summed E-state index contributed by atoms with van der Waals surface area (Å²) in [6.45, 7) is 3.70. The van der Waals surface area contributed by atoms with Crippen LogP contribution in [0.2, 0.25) is 0 Å². The van der Waals surface area contributed by atoms with E-state index in [0.717, 1.165) is 49.1 Å². The van der Waals surface area contributed by atoms with Crippen molar-refractivity contribution >= 4 is 11.9 Å². The van der Waals surface area contributed by atoms with Crippen LogP contribution >= 0.6 is 0 Å². The molecular weight excluding hydrogens is 533 g/mol. The van der Waals surface area contributed by atoms with Crippen LogP contribution < -0.4 is 5.32 Å². The monoisotopic (exact) mass is 567 g/mol. The van der Waals surface area contributed by atoms with Gasteiger partial charge in [0.2, 0.25) is 5.60 Å². The topological polar surface area (TPSA) is 75.6 Å². The molecule has 3 fully saturated rings. The summed E-state index contributed by atoms with van der Waals surface area (Å²) in [6.07, 6.45) is -2.28. The molecule has 0 aromatic heterocycles. The summed E-state index contributed by atoms with van der Waals surface area (Å²) in [4.78, 5) is 26.1. The zero-order chi connectivity index (χ0) is 29.1. The third kappa shape index (κ3) is 6.16. The van der Waals surface area contributed by atoms with E-state index in [9.17, 15) is 27.9 Å². The zero-order valence-electron chi connectivity index (χ0n) is 22.6. The standard InChI is InChI=1S/C32H33F3N2O4/c33-32(34,35)27-14-12-24(13-15-27)29(38)36-18-7-19-37-20-16-23(17-21-37)28(22-37)41-30(39)31(40,25-8-3-1-4-9-25)26-10-5-2-6-11-26/h1-6,8-15,23,28,40H,7,16-22H2/p+1. The van der Waals surface area contributed by atoms with Crippen LogP contribution in [0.4, 0.5) is 13.2 Å². The Bertz CT molecular complexity index is 1300. The molecule has 3 aliphatic heterocycles. The van der Waals surface area contributed by atoms with E-state index in [1.807, 2.05) is 12.1 Å². The molecule has 3 aliphatic rings. The number of hydrogen-bond donors (Lipinski definition) is 2. The van der Waals surface area contributed by atoms with Gasteiger partial charge in [0.25, 0.3) is 5.91 Å². The number of piperidine rings is 3. The number of nitrogens with zero attached hydrogens (tertiary/aromatic N) is 1. The average Bonchev–Trinajstić information content (AvgIpc) is 3.00. The van der Waals surface area contributed by atoms with Gasteiger partial charge in [-0.15, -0.1) is 0 Å². The molecule has 3 aromatic carbocycles. The number of nitrogens with one attached hydrogen (secondary N) is 1. The molecule has 6 nitrogen and oxygen atoms in total. The molecule has 9 heteroatoms. The lowest BCUT2D eigenvalue weighted by molar-refractivity contribution is -0.946. The molecule has 0 aliphatic carbocycles. The minimum Gasteiger partial charge on any atom is -0.453 e. The molecule has 1 unspecified atom stereocenters. The largest absolute Gasteiger partial charge is 0.453 e. The van der Waals surface area contributed by atoms with E-state index in [1.54, 1.807) is 48.5 Å². The summed E-state index contributed by atoms with van der Waals surface area (Å²) in [5, 5.41) is 14.6. The molecule has 0 radical (unpaired) electrons. The van der Waals surface area contributed by atoms with E-state index in [2.05, 4.69) is 5.32 Å². The molecule has 0 saturated carbocycles. The van der Waals surface area contributed by atoms with Crippen molar-refractivity contribution in [3.8, 4) is 0 Å². The van der Waals surface area contributed by atoms with Crippen molar-refractivity contribution in [2.24, 2.45) is 5.92 Å². The van der Waals surface area contributed by atoms with Crippen LogP contribution in [0.25, 0.3) is 0 Å². The molecule has 216 valence electrons. The molecule has 6 rings (SSSR count). The maximum atomic E-state index is 13.7. The Hall–Kier alpha value is -3.69. The first-order chi connectivity index (χ1) is 19.6. The summed E-state index contributed by atoms with van der Waals surface area (Å²) >= 11 is 0. The average molecular weight is 568 g/mol. The number of benzene rings is 3. The molecule has 2 N–H and O–H groups in total. The predicted octanol–water partition coefficient (Wildman–Crippen LogP) is 4.91. The first kappa shape index (κ1) is 28.8. The van der Waals surface area contributed by atoms with Crippen LogP contribution in [0.5, 0.6) is 0 Å². The number of fused-ring (bicyclic) bond motifs is 3. The highest BCUT2D eigenvalue weighted by Gasteiger charge is 2.50. The van der Waals surface area contributed by atoms with Crippen molar-refractivity contribution < 1.29 is 37.1 Å². The van der Waals surface area contributed by atoms with Crippen molar-refractivity contribution in [1.29, 1.82) is 0 Å². The molecule has 3 heterocycles. The maximum absolute atomic E-state index is 13.7. The first-order valence-electron chi connectivity index (χ1n) is 14.0. The summed E-state index contributed by atoms with van der Waals surface area (Å²) in [5.41, 5.74) is -1.64. The smallest absolute Gasteiger partial charge is 0.416 e. The van der Waals surface area contributed by atoms with Crippen molar-refractivity contribution in [2.75, 3.05) is 32.7 Å². The SMILES string of the molecule is O=C(NCCC[N+]12CCC(CC1)C(OC(=O)C(O)(c1ccccc1)c1ccccc1)C2)c1ccc(C(F)(F)F)cc1. The first-order valence-corrected chi connectivity index (χ1v) is 14.0. The Kier molecular flexibility index (Phi) is 8.20. The summed E-state index contributed by atoms with van der Waals surface area (Å²) < 4.78 is 45.2. The Morgan fingerprint density at radius 1 is 0.854 bits per heavy atom. The van der Waals surface area contributed by atoms with Gasteiger partial charge in [-0.05, 0) is 35.4 Å². The summed E-state index contributed by atoms with van der Waals surface area (Å²) in [5.74, 6) is -0.867. The van der Waals surface area contributed by atoms with Gasteiger partial charge in [-0.2, -0.15) is 13.2 Å². The van der Waals surface area contributed by atoms with E-state index < -0.39 is 29.2 Å². The second-order valence-electron chi connectivity index (χ2n) is 11.1. The zero-order valence-corrected chi connectivity index (χ0v) is 22.6. The van der Waals surface area contributed by atoms with Gasteiger partial charge in [-0.3, -0.25) is 4.79 Å². The van der Waals surface area contributed by atoms with Gasteiger partial charge < -0.3 is 19.6 Å². The highest BCUT2D eigenvalue weighted by molar-refractivity contribution is 5.94. The van der Waals surface area contributed by atoms with Crippen molar-refractivity contribution in [2.45, 2.75) is 37.1 Å². The number of halogens is 3. The van der Waals surface area contributed by atoms with Gasteiger partial charge >= 0.3 is 12.1 Å². The summed E-state index contributed by atoms with van der Waals surface area (Å²) in [6, 6.07) is 21.8. The predicted molar refractivity (Wildman–Crippen MR) is 147 cm³/mol. The Balaban J connectivity index is 1.20. The van der Waals surface area contributed by atoms with Gasteiger partial charge in [0.05, 0.1) is 25.2 Å². The minimum atomic E-state index is -4.45. The van der Waals surface area contributed by atoms with Crippen molar-refractivity contribution in [1.82, 2.24) is 5.32 Å². The van der Waals surface area contributed by atoms with Crippen molar-refractivity contribution in [3.63, 3.8) is 0 Å². The fraction of sp³-hybridized carbons (Fsp3) is 0.375. The van der Waals surface area contributed by atoms with Gasteiger partial charge in [0.1, 0.15) is 6.54 Å². The molecule has 3 aromatic rings. The normalized spacial score (nSPS) is 22.2. The molecule has 3 saturated heterocycles. The number of hydrogen-bond acceptors (Lipinski definition) is 4. The van der Waals surface area contributed by atoms with Gasteiger partial charge in [-0.1, -0.05) is 60.7 Å². The van der Waals surface area contributed by atoms with Crippen LogP contribution in [0.15, 0.2) is 84.9 Å². The van der Waals surface area contributed by atoms with Gasteiger partial charge in [-0.25, -0.2) is 4.79 Å². The van der Waals surface area contributed by atoms with Gasteiger partial charge in [0.15, 0.2) is 6.10 Å².